The molecule has 0 fully saturated rings. The van der Waals surface area contributed by atoms with Gasteiger partial charge in [-0.05, 0) is 25.2 Å². The molecule has 276 valence electrons. The largest absolute Gasteiger partial charge is 0.505 e. The first-order chi connectivity index (χ1) is 22.2. The van der Waals surface area contributed by atoms with Crippen LogP contribution < -0.4 is 4.98 Å². The second kappa shape index (κ2) is 33.2. The molecular weight excluding hydrogens is 595 g/mol. The molecule has 0 aliphatic carbocycles. The zero-order chi connectivity index (χ0) is 34.0. The minimum atomic E-state index is -1.94. The van der Waals surface area contributed by atoms with Crippen molar-refractivity contribution in [2.45, 2.75) is 258 Å². The molecule has 0 saturated carbocycles. The van der Waals surface area contributed by atoms with Gasteiger partial charge in [-0.2, -0.15) is 0 Å². The van der Waals surface area contributed by atoms with E-state index in [0.717, 1.165) is 6.04 Å². The van der Waals surface area contributed by atoms with E-state index in [1.807, 2.05) is 0 Å². The second-order valence-corrected chi connectivity index (χ2v) is 25.0. The van der Waals surface area contributed by atoms with Gasteiger partial charge in [-0.15, -0.1) is 0 Å². The Morgan fingerprint density at radius 3 is 0.913 bits per heavy atom. The Balaban J connectivity index is 3.62. The molecule has 0 aromatic heterocycles. The SMILES string of the molecule is CCCCCCCCCCCCCCCCCC[Si](C)(C)NC(=O)O[Si](C)(C)CCCCCCCCCCCCCCCCCC. The molecule has 0 aliphatic heterocycles. The Morgan fingerprint density at radius 2 is 0.630 bits per heavy atom. The van der Waals surface area contributed by atoms with Gasteiger partial charge >= 0.3 is 6.09 Å². The lowest BCUT2D eigenvalue weighted by Crippen LogP contribution is -2.51. The monoisotopic (exact) mass is 682 g/mol. The van der Waals surface area contributed by atoms with Gasteiger partial charge in [0.15, 0.2) is 8.24 Å². The third kappa shape index (κ3) is 35.0. The normalized spacial score (nSPS) is 12.1. The van der Waals surface area contributed by atoms with Gasteiger partial charge in [0.1, 0.15) is 0 Å². The van der Waals surface area contributed by atoms with Gasteiger partial charge in [-0.3, -0.25) is 0 Å². The van der Waals surface area contributed by atoms with E-state index in [4.69, 9.17) is 4.43 Å². The van der Waals surface area contributed by atoms with E-state index in [1.165, 1.54) is 212 Å². The van der Waals surface area contributed by atoms with Gasteiger partial charge in [0.2, 0.25) is 0 Å². The number of amides is 1. The average molecular weight is 682 g/mol. The zero-order valence-electron chi connectivity index (χ0n) is 32.9. The van der Waals surface area contributed by atoms with Crippen LogP contribution in [0.1, 0.15) is 219 Å². The predicted octanol–water partition coefficient (Wildman–Crippen LogP) is 15.6. The predicted molar refractivity (Wildman–Crippen MR) is 213 cm³/mol. The molecule has 0 aromatic rings. The zero-order valence-corrected chi connectivity index (χ0v) is 34.9. The van der Waals surface area contributed by atoms with Crippen molar-refractivity contribution in [2.75, 3.05) is 0 Å². The third-order valence-corrected chi connectivity index (χ3v) is 14.9. The number of hydrogen-bond acceptors (Lipinski definition) is 2. The fourth-order valence-corrected chi connectivity index (χ4v) is 10.6. The molecule has 1 amide bonds. The van der Waals surface area contributed by atoms with Crippen molar-refractivity contribution >= 4 is 22.6 Å². The Morgan fingerprint density at radius 1 is 0.391 bits per heavy atom. The Hall–Kier alpha value is -0.296. The van der Waals surface area contributed by atoms with Gasteiger partial charge in [0.05, 0.1) is 0 Å². The van der Waals surface area contributed by atoms with Crippen LogP contribution in [-0.2, 0) is 4.43 Å². The average Bonchev–Trinajstić information content (AvgIpc) is 3.00. The van der Waals surface area contributed by atoms with Crippen LogP contribution in [0, 0.1) is 0 Å². The van der Waals surface area contributed by atoms with Gasteiger partial charge in [0, 0.05) is 0 Å². The Labute approximate surface area is 293 Å². The standard InChI is InChI=1S/C41H87NO2Si2/c1-7-9-11-13-15-17-19-21-23-25-27-29-31-33-35-37-39-45(3,4)42-41(43)44-46(5,6)40-38-36-34-32-30-28-26-24-22-20-18-16-14-12-10-8-2/h7-40H2,1-6H3,(H,42,43). The van der Waals surface area contributed by atoms with E-state index < -0.39 is 16.6 Å². The maximum Gasteiger partial charge on any atom is 0.385 e. The summed E-state index contributed by atoms with van der Waals surface area (Å²) in [6.45, 7) is 13.6. The summed E-state index contributed by atoms with van der Waals surface area (Å²) in [6, 6.07) is 2.27. The fourth-order valence-electron chi connectivity index (χ4n) is 6.88. The second-order valence-electron chi connectivity index (χ2n) is 16.3. The minimum absolute atomic E-state index is 0.124. The number of unbranched alkanes of at least 4 members (excludes halogenated alkanes) is 30. The van der Waals surface area contributed by atoms with E-state index in [-0.39, 0.29) is 6.09 Å². The molecule has 0 aromatic carbocycles. The van der Waals surface area contributed by atoms with Gasteiger partial charge < -0.3 is 9.41 Å². The van der Waals surface area contributed by atoms with E-state index in [0.29, 0.717) is 0 Å². The van der Waals surface area contributed by atoms with E-state index >= 15 is 0 Å². The van der Waals surface area contributed by atoms with Crippen LogP contribution in [0.4, 0.5) is 4.79 Å². The summed E-state index contributed by atoms with van der Waals surface area (Å²) in [5, 5.41) is 0. The number of rotatable bonds is 36. The molecule has 0 saturated heterocycles. The van der Waals surface area contributed by atoms with Crippen LogP contribution in [0.25, 0.3) is 0 Å². The van der Waals surface area contributed by atoms with E-state index in [2.05, 4.69) is 45.0 Å². The lowest BCUT2D eigenvalue weighted by molar-refractivity contribution is 0.203. The van der Waals surface area contributed by atoms with Crippen molar-refractivity contribution in [1.29, 1.82) is 0 Å². The quantitative estimate of drug-likeness (QED) is 0.0528. The number of hydrogen-bond donors (Lipinski definition) is 1. The van der Waals surface area contributed by atoms with Crippen LogP contribution in [0.3, 0.4) is 0 Å². The van der Waals surface area contributed by atoms with Crippen molar-refractivity contribution in [2.24, 2.45) is 0 Å². The summed E-state index contributed by atoms with van der Waals surface area (Å²) >= 11 is 0. The molecule has 0 radical (unpaired) electrons. The molecule has 0 heterocycles. The number of carbonyl (C=O) groups is 1. The molecule has 0 aliphatic rings. The smallest absolute Gasteiger partial charge is 0.385 e. The maximum absolute atomic E-state index is 12.8. The number of nitrogens with one attached hydrogen (secondary N) is 1. The van der Waals surface area contributed by atoms with Crippen molar-refractivity contribution in [3.8, 4) is 0 Å². The summed E-state index contributed by atoms with van der Waals surface area (Å²) in [7, 11) is -3.69. The fraction of sp³-hybridized carbons (Fsp3) is 0.976. The van der Waals surface area contributed by atoms with Crippen molar-refractivity contribution in [3.05, 3.63) is 0 Å². The lowest BCUT2D eigenvalue weighted by Gasteiger charge is -2.28. The molecule has 0 unspecified atom stereocenters. The Kier molecular flexibility index (Phi) is 33.0. The van der Waals surface area contributed by atoms with Crippen molar-refractivity contribution in [1.82, 2.24) is 4.98 Å². The van der Waals surface area contributed by atoms with Crippen molar-refractivity contribution in [3.63, 3.8) is 0 Å². The van der Waals surface area contributed by atoms with Crippen LogP contribution in [0.5, 0.6) is 0 Å². The summed E-state index contributed by atoms with van der Waals surface area (Å²) in [6.07, 6.45) is 44.7. The van der Waals surface area contributed by atoms with Crippen molar-refractivity contribution < 1.29 is 9.22 Å². The maximum atomic E-state index is 12.8. The molecule has 1 N–H and O–H groups in total. The van der Waals surface area contributed by atoms with E-state index in [9.17, 15) is 4.79 Å². The molecular formula is C41H87NO2Si2. The summed E-state index contributed by atoms with van der Waals surface area (Å²) in [5.74, 6) is 0. The Bertz CT molecular complexity index is 588. The first-order valence-electron chi connectivity index (χ1n) is 21.2. The first-order valence-corrected chi connectivity index (χ1v) is 27.6. The highest BCUT2D eigenvalue weighted by molar-refractivity contribution is 6.78. The van der Waals surface area contributed by atoms with Gasteiger partial charge in [-0.25, -0.2) is 4.79 Å². The highest BCUT2D eigenvalue weighted by Gasteiger charge is 2.30. The molecule has 46 heavy (non-hydrogen) atoms. The summed E-state index contributed by atoms with van der Waals surface area (Å²) < 4.78 is 6.05. The topological polar surface area (TPSA) is 38.3 Å². The van der Waals surface area contributed by atoms with Crippen LogP contribution in [0.2, 0.25) is 38.3 Å². The van der Waals surface area contributed by atoms with Gasteiger partial charge in [0.25, 0.3) is 8.32 Å². The van der Waals surface area contributed by atoms with E-state index in [1.54, 1.807) is 0 Å². The third-order valence-electron chi connectivity index (χ3n) is 10.1. The van der Waals surface area contributed by atoms with Gasteiger partial charge in [-0.1, -0.05) is 232 Å². The van der Waals surface area contributed by atoms with Crippen LogP contribution in [-0.4, -0.2) is 22.6 Å². The minimum Gasteiger partial charge on any atom is -0.505 e. The van der Waals surface area contributed by atoms with Crippen LogP contribution in [0.15, 0.2) is 0 Å². The lowest BCUT2D eigenvalue weighted by atomic mass is 10.0. The summed E-state index contributed by atoms with van der Waals surface area (Å²) in [5.41, 5.74) is 0. The molecule has 3 nitrogen and oxygen atoms in total. The number of carbonyl (C=O) groups excluding carboxylic acids is 1. The van der Waals surface area contributed by atoms with Crippen LogP contribution >= 0.6 is 0 Å². The highest BCUT2D eigenvalue weighted by atomic mass is 28.4. The molecule has 0 atom stereocenters. The summed E-state index contributed by atoms with van der Waals surface area (Å²) in [4.78, 5) is 16.1. The molecule has 5 heteroatoms. The highest BCUT2D eigenvalue weighted by Crippen LogP contribution is 2.20. The molecule has 0 bridgehead atoms. The molecule has 0 spiro atoms. The molecule has 0 rings (SSSR count). The first kappa shape index (κ1) is 45.7.